The summed E-state index contributed by atoms with van der Waals surface area (Å²) in [7, 11) is 0. The van der Waals surface area contributed by atoms with Crippen molar-refractivity contribution in [3.05, 3.63) is 29.8 Å². The Hall–Kier alpha value is -1.55. The molecule has 0 radical (unpaired) electrons. The first kappa shape index (κ1) is 15.5. The van der Waals surface area contributed by atoms with Crippen LogP contribution in [0.25, 0.3) is 0 Å². The number of hydrogen-bond acceptors (Lipinski definition) is 3. The Morgan fingerprint density at radius 3 is 2.95 bits per heavy atom. The highest BCUT2D eigenvalue weighted by atomic mass is 16.5. The Labute approximate surface area is 114 Å². The van der Waals surface area contributed by atoms with Gasteiger partial charge in [-0.05, 0) is 37.0 Å². The van der Waals surface area contributed by atoms with Gasteiger partial charge in [0.2, 0.25) is 0 Å². The summed E-state index contributed by atoms with van der Waals surface area (Å²) in [5.74, 6) is 0.887. The van der Waals surface area contributed by atoms with Crippen molar-refractivity contribution in [3.8, 4) is 5.75 Å². The van der Waals surface area contributed by atoms with Gasteiger partial charge in [-0.2, -0.15) is 0 Å². The van der Waals surface area contributed by atoms with Crippen LogP contribution in [0.15, 0.2) is 24.3 Å². The summed E-state index contributed by atoms with van der Waals surface area (Å²) in [6.45, 7) is 5.41. The number of aliphatic hydroxyl groups is 1. The maximum absolute atomic E-state index is 12.0. The first-order valence-electron chi connectivity index (χ1n) is 6.79. The molecule has 2 N–H and O–H groups in total. The Balaban J connectivity index is 2.51. The molecule has 19 heavy (non-hydrogen) atoms. The van der Waals surface area contributed by atoms with Crippen LogP contribution in [0.1, 0.15) is 37.0 Å². The molecule has 0 aromatic heterocycles. The average Bonchev–Trinajstić information content (AvgIpc) is 2.43. The minimum Gasteiger partial charge on any atom is -0.494 e. The van der Waals surface area contributed by atoms with Gasteiger partial charge in [0.25, 0.3) is 5.91 Å². The number of benzene rings is 1. The molecule has 1 atom stereocenters. The fraction of sp³-hybridized carbons (Fsp3) is 0.533. The van der Waals surface area contributed by atoms with Crippen LogP contribution in [-0.4, -0.2) is 30.8 Å². The highest BCUT2D eigenvalue weighted by Gasteiger charge is 2.08. The van der Waals surface area contributed by atoms with Gasteiger partial charge < -0.3 is 15.2 Å². The van der Waals surface area contributed by atoms with E-state index in [1.54, 1.807) is 12.1 Å². The number of carbonyl (C=O) groups is 1. The molecular formula is C15H23NO3. The molecule has 0 aliphatic heterocycles. The van der Waals surface area contributed by atoms with E-state index in [0.717, 1.165) is 12.2 Å². The van der Waals surface area contributed by atoms with Gasteiger partial charge in [-0.15, -0.1) is 0 Å². The predicted octanol–water partition coefficient (Wildman–Crippen LogP) is 2.22. The number of carbonyl (C=O) groups excluding carboxylic acids is 1. The van der Waals surface area contributed by atoms with Crippen LogP contribution in [0.4, 0.5) is 0 Å². The summed E-state index contributed by atoms with van der Waals surface area (Å²) in [4.78, 5) is 12.0. The Kier molecular flexibility index (Phi) is 6.97. The molecule has 1 aromatic rings. The predicted molar refractivity (Wildman–Crippen MR) is 75.4 cm³/mol. The fourth-order valence-electron chi connectivity index (χ4n) is 1.64. The molecule has 0 bridgehead atoms. The van der Waals surface area contributed by atoms with Gasteiger partial charge in [0.05, 0.1) is 6.61 Å². The lowest BCUT2D eigenvalue weighted by molar-refractivity contribution is 0.0945. The SMILES string of the molecule is CCCOc1cccc(C(=O)NCC(C)CCO)c1. The van der Waals surface area contributed by atoms with E-state index in [-0.39, 0.29) is 18.4 Å². The van der Waals surface area contributed by atoms with Crippen molar-refractivity contribution in [2.45, 2.75) is 26.7 Å². The zero-order valence-corrected chi connectivity index (χ0v) is 11.7. The number of aliphatic hydroxyl groups excluding tert-OH is 1. The maximum Gasteiger partial charge on any atom is 0.251 e. The number of nitrogens with one attached hydrogen (secondary N) is 1. The van der Waals surface area contributed by atoms with Crippen LogP contribution in [-0.2, 0) is 0 Å². The third-order valence-electron chi connectivity index (χ3n) is 2.80. The molecule has 0 aliphatic carbocycles. The normalized spacial score (nSPS) is 11.9. The van der Waals surface area contributed by atoms with Crippen LogP contribution in [0.2, 0.25) is 0 Å². The van der Waals surface area contributed by atoms with Gasteiger partial charge in [-0.3, -0.25) is 4.79 Å². The fourth-order valence-corrected chi connectivity index (χ4v) is 1.64. The van der Waals surface area contributed by atoms with Crippen LogP contribution >= 0.6 is 0 Å². The zero-order valence-electron chi connectivity index (χ0n) is 11.7. The monoisotopic (exact) mass is 265 g/mol. The molecular weight excluding hydrogens is 242 g/mol. The minimum atomic E-state index is -0.105. The quantitative estimate of drug-likeness (QED) is 0.757. The number of ether oxygens (including phenoxy) is 1. The first-order chi connectivity index (χ1) is 9.17. The lowest BCUT2D eigenvalue weighted by Crippen LogP contribution is -2.28. The van der Waals surface area contributed by atoms with E-state index in [1.165, 1.54) is 0 Å². The van der Waals surface area contributed by atoms with Crippen molar-refractivity contribution in [1.29, 1.82) is 0 Å². The zero-order chi connectivity index (χ0) is 14.1. The summed E-state index contributed by atoms with van der Waals surface area (Å²) in [6.07, 6.45) is 1.63. The molecule has 1 amide bonds. The molecule has 4 nitrogen and oxygen atoms in total. The second kappa shape index (κ2) is 8.53. The van der Waals surface area contributed by atoms with Crippen molar-refractivity contribution >= 4 is 5.91 Å². The Morgan fingerprint density at radius 2 is 2.26 bits per heavy atom. The summed E-state index contributed by atoms with van der Waals surface area (Å²) < 4.78 is 5.50. The highest BCUT2D eigenvalue weighted by Crippen LogP contribution is 2.13. The summed E-state index contributed by atoms with van der Waals surface area (Å²) >= 11 is 0. The van der Waals surface area contributed by atoms with Gasteiger partial charge >= 0.3 is 0 Å². The molecule has 1 unspecified atom stereocenters. The third-order valence-corrected chi connectivity index (χ3v) is 2.80. The van der Waals surface area contributed by atoms with Crippen LogP contribution < -0.4 is 10.1 Å². The van der Waals surface area contributed by atoms with E-state index in [1.807, 2.05) is 26.0 Å². The Bertz CT molecular complexity index is 393. The molecule has 0 saturated carbocycles. The smallest absolute Gasteiger partial charge is 0.251 e. The molecule has 0 aliphatic rings. The molecule has 4 heteroatoms. The second-order valence-electron chi connectivity index (χ2n) is 4.70. The summed E-state index contributed by atoms with van der Waals surface area (Å²) in [5, 5.41) is 11.7. The number of amides is 1. The van der Waals surface area contributed by atoms with Crippen molar-refractivity contribution in [2.75, 3.05) is 19.8 Å². The van der Waals surface area contributed by atoms with E-state index < -0.39 is 0 Å². The lowest BCUT2D eigenvalue weighted by atomic mass is 10.1. The van der Waals surface area contributed by atoms with Gasteiger partial charge in [0.1, 0.15) is 5.75 Å². The largest absolute Gasteiger partial charge is 0.494 e. The molecule has 1 rings (SSSR count). The molecule has 0 heterocycles. The molecule has 0 saturated heterocycles. The van der Waals surface area contributed by atoms with Crippen molar-refractivity contribution in [2.24, 2.45) is 5.92 Å². The lowest BCUT2D eigenvalue weighted by Gasteiger charge is -2.12. The van der Waals surface area contributed by atoms with Gasteiger partial charge in [0, 0.05) is 18.7 Å². The van der Waals surface area contributed by atoms with E-state index in [4.69, 9.17) is 9.84 Å². The van der Waals surface area contributed by atoms with E-state index in [9.17, 15) is 4.79 Å². The molecule has 0 fully saturated rings. The second-order valence-corrected chi connectivity index (χ2v) is 4.70. The topological polar surface area (TPSA) is 58.6 Å². The molecule has 106 valence electrons. The van der Waals surface area contributed by atoms with Gasteiger partial charge in [-0.1, -0.05) is 19.9 Å². The van der Waals surface area contributed by atoms with Crippen molar-refractivity contribution in [3.63, 3.8) is 0 Å². The van der Waals surface area contributed by atoms with Crippen LogP contribution in [0.5, 0.6) is 5.75 Å². The summed E-state index contributed by atoms with van der Waals surface area (Å²) in [6, 6.07) is 7.18. The number of hydrogen-bond donors (Lipinski definition) is 2. The van der Waals surface area contributed by atoms with Crippen molar-refractivity contribution in [1.82, 2.24) is 5.32 Å². The molecule has 1 aromatic carbocycles. The highest BCUT2D eigenvalue weighted by molar-refractivity contribution is 5.94. The maximum atomic E-state index is 12.0. The number of rotatable bonds is 8. The van der Waals surface area contributed by atoms with Gasteiger partial charge in [0.15, 0.2) is 0 Å². The van der Waals surface area contributed by atoms with Crippen molar-refractivity contribution < 1.29 is 14.6 Å². The average molecular weight is 265 g/mol. The minimum absolute atomic E-state index is 0.105. The van der Waals surface area contributed by atoms with E-state index in [0.29, 0.717) is 25.1 Å². The van der Waals surface area contributed by atoms with Crippen LogP contribution in [0.3, 0.4) is 0 Å². The van der Waals surface area contributed by atoms with E-state index >= 15 is 0 Å². The van der Waals surface area contributed by atoms with E-state index in [2.05, 4.69) is 5.32 Å². The molecule has 0 spiro atoms. The van der Waals surface area contributed by atoms with Gasteiger partial charge in [-0.25, -0.2) is 0 Å². The first-order valence-corrected chi connectivity index (χ1v) is 6.79. The summed E-state index contributed by atoms with van der Waals surface area (Å²) in [5.41, 5.74) is 0.602. The standard InChI is InChI=1S/C15H23NO3/c1-3-9-19-14-6-4-5-13(10-14)15(18)16-11-12(2)7-8-17/h4-6,10,12,17H,3,7-9,11H2,1-2H3,(H,16,18). The Morgan fingerprint density at radius 1 is 1.47 bits per heavy atom. The third kappa shape index (κ3) is 5.75. The van der Waals surface area contributed by atoms with Crippen LogP contribution in [0, 0.1) is 5.92 Å².